The lowest BCUT2D eigenvalue weighted by atomic mass is 10.1. The topological polar surface area (TPSA) is 35.6 Å². The molecular formula is C13H16FN3O. The van der Waals surface area contributed by atoms with E-state index < -0.39 is 0 Å². The summed E-state index contributed by atoms with van der Waals surface area (Å²) in [7, 11) is 0. The molecule has 1 N–H and O–H groups in total. The van der Waals surface area contributed by atoms with Gasteiger partial charge < -0.3 is 10.2 Å². The Morgan fingerprint density at radius 2 is 2.17 bits per heavy atom. The number of anilines is 1. The highest BCUT2D eigenvalue weighted by Gasteiger charge is 2.34. The molecule has 1 atom stereocenters. The fourth-order valence-corrected chi connectivity index (χ4v) is 2.67. The van der Waals surface area contributed by atoms with Gasteiger partial charge in [-0.25, -0.2) is 4.39 Å². The number of rotatable bonds is 1. The fourth-order valence-electron chi connectivity index (χ4n) is 2.67. The van der Waals surface area contributed by atoms with Crippen molar-refractivity contribution in [1.82, 2.24) is 10.2 Å². The van der Waals surface area contributed by atoms with Gasteiger partial charge in [0.1, 0.15) is 5.82 Å². The molecule has 2 heterocycles. The summed E-state index contributed by atoms with van der Waals surface area (Å²) in [6.45, 7) is 3.62. The molecule has 2 saturated heterocycles. The van der Waals surface area contributed by atoms with Gasteiger partial charge in [-0.05, 0) is 12.1 Å². The third kappa shape index (κ3) is 2.00. The van der Waals surface area contributed by atoms with E-state index in [4.69, 9.17) is 0 Å². The summed E-state index contributed by atoms with van der Waals surface area (Å²) >= 11 is 0. The molecule has 5 heteroatoms. The molecule has 2 aliphatic rings. The summed E-state index contributed by atoms with van der Waals surface area (Å²) < 4.78 is 13.7. The van der Waals surface area contributed by atoms with Gasteiger partial charge in [-0.2, -0.15) is 0 Å². The molecule has 3 rings (SSSR count). The van der Waals surface area contributed by atoms with Crippen LogP contribution in [0.2, 0.25) is 0 Å². The molecule has 0 aliphatic carbocycles. The molecule has 96 valence electrons. The molecule has 1 amide bonds. The second-order valence-electron chi connectivity index (χ2n) is 4.78. The normalized spacial score (nSPS) is 25.1. The van der Waals surface area contributed by atoms with Crippen molar-refractivity contribution in [1.29, 1.82) is 0 Å². The van der Waals surface area contributed by atoms with E-state index in [1.165, 1.54) is 6.07 Å². The van der Waals surface area contributed by atoms with Crippen LogP contribution in [0.3, 0.4) is 0 Å². The summed E-state index contributed by atoms with van der Waals surface area (Å²) in [5.41, 5.74) is 0.396. The Bertz CT molecular complexity index is 465. The third-order valence-electron chi connectivity index (χ3n) is 3.65. The van der Waals surface area contributed by atoms with Crippen LogP contribution < -0.4 is 10.2 Å². The molecule has 2 aliphatic heterocycles. The lowest BCUT2D eigenvalue weighted by Gasteiger charge is -2.43. The molecule has 2 fully saturated rings. The maximum absolute atomic E-state index is 13.7. The van der Waals surface area contributed by atoms with Crippen molar-refractivity contribution in [2.24, 2.45) is 0 Å². The summed E-state index contributed by atoms with van der Waals surface area (Å²) in [6, 6.07) is 6.75. The van der Waals surface area contributed by atoms with Crippen molar-refractivity contribution in [2.75, 3.05) is 37.6 Å². The number of piperazine rings is 2. The molecule has 0 saturated carbocycles. The van der Waals surface area contributed by atoms with Gasteiger partial charge in [0.25, 0.3) is 0 Å². The van der Waals surface area contributed by atoms with E-state index in [9.17, 15) is 9.18 Å². The SMILES string of the molecule is O=C1CN2CCNCC2CN1c1ccccc1F. The Morgan fingerprint density at radius 1 is 1.33 bits per heavy atom. The van der Waals surface area contributed by atoms with Gasteiger partial charge in [0, 0.05) is 32.2 Å². The van der Waals surface area contributed by atoms with Gasteiger partial charge in [-0.15, -0.1) is 0 Å². The Balaban J connectivity index is 1.85. The summed E-state index contributed by atoms with van der Waals surface area (Å²) in [5, 5.41) is 3.31. The van der Waals surface area contributed by atoms with Crippen molar-refractivity contribution in [3.05, 3.63) is 30.1 Å². The van der Waals surface area contributed by atoms with Crippen LogP contribution in [0.5, 0.6) is 0 Å². The maximum Gasteiger partial charge on any atom is 0.241 e. The molecule has 1 unspecified atom stereocenters. The van der Waals surface area contributed by atoms with E-state index in [-0.39, 0.29) is 17.8 Å². The Kier molecular flexibility index (Phi) is 3.01. The molecule has 1 aromatic carbocycles. The smallest absolute Gasteiger partial charge is 0.241 e. The van der Waals surface area contributed by atoms with E-state index in [0.717, 1.165) is 19.6 Å². The summed E-state index contributed by atoms with van der Waals surface area (Å²) in [4.78, 5) is 15.8. The minimum Gasteiger partial charge on any atom is -0.314 e. The summed E-state index contributed by atoms with van der Waals surface area (Å²) in [5.74, 6) is -0.346. The first-order valence-corrected chi connectivity index (χ1v) is 6.25. The van der Waals surface area contributed by atoms with Crippen LogP contribution in [0.4, 0.5) is 10.1 Å². The van der Waals surface area contributed by atoms with Gasteiger partial charge in [0.2, 0.25) is 5.91 Å². The zero-order chi connectivity index (χ0) is 12.5. The maximum atomic E-state index is 13.7. The monoisotopic (exact) mass is 249 g/mol. The second-order valence-corrected chi connectivity index (χ2v) is 4.78. The van der Waals surface area contributed by atoms with Gasteiger partial charge in [0.05, 0.1) is 12.2 Å². The van der Waals surface area contributed by atoms with E-state index in [1.807, 2.05) is 0 Å². The van der Waals surface area contributed by atoms with Crippen LogP contribution in [0.25, 0.3) is 0 Å². The zero-order valence-electron chi connectivity index (χ0n) is 10.1. The minimum atomic E-state index is -0.330. The molecular weight excluding hydrogens is 233 g/mol. The number of carbonyl (C=O) groups is 1. The van der Waals surface area contributed by atoms with E-state index >= 15 is 0 Å². The first-order valence-electron chi connectivity index (χ1n) is 6.25. The predicted octanol–water partition coefficient (Wildman–Crippen LogP) is 0.446. The number of carbonyl (C=O) groups excluding carboxylic acids is 1. The van der Waals surface area contributed by atoms with E-state index in [0.29, 0.717) is 18.8 Å². The molecule has 18 heavy (non-hydrogen) atoms. The average molecular weight is 249 g/mol. The molecule has 1 aromatic rings. The van der Waals surface area contributed by atoms with Crippen molar-refractivity contribution in [2.45, 2.75) is 6.04 Å². The van der Waals surface area contributed by atoms with Gasteiger partial charge in [-0.1, -0.05) is 12.1 Å². The van der Waals surface area contributed by atoms with Gasteiger partial charge >= 0.3 is 0 Å². The molecule has 0 spiro atoms. The first-order chi connectivity index (χ1) is 8.75. The molecule has 0 radical (unpaired) electrons. The Morgan fingerprint density at radius 3 is 3.00 bits per heavy atom. The number of benzene rings is 1. The first kappa shape index (κ1) is 11.6. The molecule has 0 aromatic heterocycles. The van der Waals surface area contributed by atoms with Crippen LogP contribution >= 0.6 is 0 Å². The van der Waals surface area contributed by atoms with Crippen molar-refractivity contribution >= 4 is 11.6 Å². The quantitative estimate of drug-likeness (QED) is 0.785. The molecule has 4 nitrogen and oxygen atoms in total. The number of nitrogens with zero attached hydrogens (tertiary/aromatic N) is 2. The Hall–Kier alpha value is -1.46. The van der Waals surface area contributed by atoms with Crippen LogP contribution in [-0.2, 0) is 4.79 Å². The predicted molar refractivity (Wildman–Crippen MR) is 67.0 cm³/mol. The zero-order valence-corrected chi connectivity index (χ0v) is 10.1. The van der Waals surface area contributed by atoms with Gasteiger partial charge in [-0.3, -0.25) is 9.69 Å². The standard InChI is InChI=1S/C13H16FN3O/c14-11-3-1-2-4-12(11)17-8-10-7-15-5-6-16(10)9-13(17)18/h1-4,10,15H,5-9H2. The number of para-hydroxylation sites is 1. The third-order valence-corrected chi connectivity index (χ3v) is 3.65. The van der Waals surface area contributed by atoms with Crippen molar-refractivity contribution in [3.63, 3.8) is 0 Å². The number of hydrogen-bond donors (Lipinski definition) is 1. The lowest BCUT2D eigenvalue weighted by molar-refractivity contribution is -0.122. The second kappa shape index (κ2) is 4.66. The number of nitrogens with one attached hydrogen (secondary N) is 1. The summed E-state index contributed by atoms with van der Waals surface area (Å²) in [6.07, 6.45) is 0. The largest absolute Gasteiger partial charge is 0.314 e. The number of fused-ring (bicyclic) bond motifs is 1. The minimum absolute atomic E-state index is 0.0155. The number of amides is 1. The number of halogens is 1. The van der Waals surface area contributed by atoms with Crippen LogP contribution in [0, 0.1) is 5.82 Å². The van der Waals surface area contributed by atoms with Gasteiger partial charge in [0.15, 0.2) is 0 Å². The highest BCUT2D eigenvalue weighted by molar-refractivity contribution is 5.95. The van der Waals surface area contributed by atoms with E-state index in [1.54, 1.807) is 23.1 Å². The van der Waals surface area contributed by atoms with Crippen LogP contribution in [0.15, 0.2) is 24.3 Å². The highest BCUT2D eigenvalue weighted by Crippen LogP contribution is 2.23. The number of hydrogen-bond acceptors (Lipinski definition) is 3. The van der Waals surface area contributed by atoms with E-state index in [2.05, 4.69) is 10.2 Å². The highest BCUT2D eigenvalue weighted by atomic mass is 19.1. The van der Waals surface area contributed by atoms with Crippen molar-refractivity contribution in [3.8, 4) is 0 Å². The Labute approximate surface area is 105 Å². The molecule has 0 bridgehead atoms. The fraction of sp³-hybridized carbons (Fsp3) is 0.462. The average Bonchev–Trinajstić information content (AvgIpc) is 2.39. The van der Waals surface area contributed by atoms with Crippen molar-refractivity contribution < 1.29 is 9.18 Å². The van der Waals surface area contributed by atoms with Crippen LogP contribution in [-0.4, -0.2) is 49.6 Å². The lowest BCUT2D eigenvalue weighted by Crippen LogP contribution is -2.63. The van der Waals surface area contributed by atoms with Crippen LogP contribution in [0.1, 0.15) is 0 Å².